The SMILES string of the molecule is Cc1ccnc2c(F)cc(C(N)=S)cc12. The van der Waals surface area contributed by atoms with E-state index in [4.69, 9.17) is 18.0 Å². The minimum atomic E-state index is -0.390. The van der Waals surface area contributed by atoms with E-state index >= 15 is 0 Å². The minimum Gasteiger partial charge on any atom is -0.389 e. The molecule has 15 heavy (non-hydrogen) atoms. The minimum absolute atomic E-state index is 0.194. The van der Waals surface area contributed by atoms with Gasteiger partial charge in [-0.25, -0.2) is 4.39 Å². The van der Waals surface area contributed by atoms with Crippen molar-refractivity contribution >= 4 is 28.1 Å². The van der Waals surface area contributed by atoms with Crippen LogP contribution < -0.4 is 5.73 Å². The van der Waals surface area contributed by atoms with Crippen molar-refractivity contribution in [1.82, 2.24) is 4.98 Å². The molecule has 1 heterocycles. The van der Waals surface area contributed by atoms with E-state index in [9.17, 15) is 4.39 Å². The Hall–Kier alpha value is -1.55. The number of nitrogens with zero attached hydrogens (tertiary/aromatic N) is 1. The van der Waals surface area contributed by atoms with Gasteiger partial charge >= 0.3 is 0 Å². The van der Waals surface area contributed by atoms with Crippen LogP contribution in [0, 0.1) is 12.7 Å². The number of benzene rings is 1. The predicted molar refractivity (Wildman–Crippen MR) is 62.3 cm³/mol. The van der Waals surface area contributed by atoms with Crippen molar-refractivity contribution in [3.05, 3.63) is 41.3 Å². The molecule has 0 aliphatic heterocycles. The normalized spacial score (nSPS) is 10.5. The van der Waals surface area contributed by atoms with Crippen LogP contribution in [0.1, 0.15) is 11.1 Å². The first-order valence-corrected chi connectivity index (χ1v) is 4.85. The van der Waals surface area contributed by atoms with Crippen molar-refractivity contribution in [3.8, 4) is 0 Å². The largest absolute Gasteiger partial charge is 0.389 e. The zero-order valence-corrected chi connectivity index (χ0v) is 8.94. The van der Waals surface area contributed by atoms with E-state index in [0.29, 0.717) is 11.1 Å². The summed E-state index contributed by atoms with van der Waals surface area (Å²) in [6, 6.07) is 4.91. The first-order valence-electron chi connectivity index (χ1n) is 4.44. The second kappa shape index (κ2) is 3.55. The van der Waals surface area contributed by atoms with Crippen LogP contribution >= 0.6 is 12.2 Å². The average Bonchev–Trinajstić information content (AvgIpc) is 2.19. The Labute approximate surface area is 91.9 Å². The van der Waals surface area contributed by atoms with Crippen molar-refractivity contribution in [3.63, 3.8) is 0 Å². The van der Waals surface area contributed by atoms with Crippen LogP contribution in [0.3, 0.4) is 0 Å². The maximum Gasteiger partial charge on any atom is 0.150 e. The number of hydrogen-bond donors (Lipinski definition) is 1. The van der Waals surface area contributed by atoms with Crippen molar-refractivity contribution < 1.29 is 4.39 Å². The molecule has 0 unspecified atom stereocenters. The maximum atomic E-state index is 13.6. The number of rotatable bonds is 1. The van der Waals surface area contributed by atoms with Crippen LogP contribution in [-0.2, 0) is 0 Å². The number of hydrogen-bond acceptors (Lipinski definition) is 2. The lowest BCUT2D eigenvalue weighted by Crippen LogP contribution is -2.09. The Balaban J connectivity index is 2.85. The smallest absolute Gasteiger partial charge is 0.150 e. The Kier molecular flexibility index (Phi) is 2.36. The van der Waals surface area contributed by atoms with Gasteiger partial charge in [-0.1, -0.05) is 12.2 Å². The van der Waals surface area contributed by atoms with Gasteiger partial charge in [-0.15, -0.1) is 0 Å². The molecule has 1 aromatic heterocycles. The number of halogens is 1. The maximum absolute atomic E-state index is 13.6. The summed E-state index contributed by atoms with van der Waals surface area (Å²) in [6.07, 6.45) is 1.58. The molecule has 4 heteroatoms. The summed E-state index contributed by atoms with van der Waals surface area (Å²) in [7, 11) is 0. The number of aromatic nitrogens is 1. The standard InChI is InChI=1S/C11H9FN2S/c1-6-2-3-14-10-8(6)4-7(11(13)15)5-9(10)12/h2-5H,1H3,(H2,13,15). The van der Waals surface area contributed by atoms with E-state index < -0.39 is 0 Å². The molecule has 0 atom stereocenters. The molecule has 0 amide bonds. The number of pyridine rings is 1. The number of thiocarbonyl (C=S) groups is 1. The summed E-state index contributed by atoms with van der Waals surface area (Å²) in [4.78, 5) is 4.18. The topological polar surface area (TPSA) is 38.9 Å². The van der Waals surface area contributed by atoms with Crippen molar-refractivity contribution in [2.45, 2.75) is 6.92 Å². The molecule has 0 saturated carbocycles. The van der Waals surface area contributed by atoms with Crippen LogP contribution in [0.4, 0.5) is 4.39 Å². The van der Waals surface area contributed by atoms with E-state index in [1.807, 2.05) is 13.0 Å². The molecule has 1 aromatic carbocycles. The van der Waals surface area contributed by atoms with Crippen molar-refractivity contribution in [2.75, 3.05) is 0 Å². The third-order valence-corrected chi connectivity index (χ3v) is 2.54. The fourth-order valence-electron chi connectivity index (χ4n) is 1.49. The fraction of sp³-hybridized carbons (Fsp3) is 0.0909. The third-order valence-electron chi connectivity index (χ3n) is 2.30. The molecule has 0 fully saturated rings. The highest BCUT2D eigenvalue weighted by Crippen LogP contribution is 2.20. The Bertz CT molecular complexity index is 552. The molecule has 2 nitrogen and oxygen atoms in total. The monoisotopic (exact) mass is 220 g/mol. The molecule has 2 aromatic rings. The van der Waals surface area contributed by atoms with Crippen molar-refractivity contribution in [2.24, 2.45) is 5.73 Å². The fourth-order valence-corrected chi connectivity index (χ4v) is 1.60. The van der Waals surface area contributed by atoms with E-state index in [2.05, 4.69) is 4.98 Å². The molecular weight excluding hydrogens is 211 g/mol. The molecule has 0 aliphatic carbocycles. The van der Waals surface area contributed by atoms with Gasteiger partial charge in [0.25, 0.3) is 0 Å². The Morgan fingerprint density at radius 2 is 2.20 bits per heavy atom. The van der Waals surface area contributed by atoms with Gasteiger partial charge in [-0.05, 0) is 30.7 Å². The van der Waals surface area contributed by atoms with Gasteiger partial charge in [-0.2, -0.15) is 0 Å². The number of aryl methyl sites for hydroxylation is 1. The third kappa shape index (κ3) is 1.68. The Morgan fingerprint density at radius 1 is 1.47 bits per heavy atom. The van der Waals surface area contributed by atoms with Crippen molar-refractivity contribution in [1.29, 1.82) is 0 Å². The summed E-state index contributed by atoms with van der Waals surface area (Å²) in [5.41, 5.74) is 7.31. The molecule has 0 spiro atoms. The van der Waals surface area contributed by atoms with Crippen LogP contribution in [0.2, 0.25) is 0 Å². The highest BCUT2D eigenvalue weighted by atomic mass is 32.1. The van der Waals surface area contributed by atoms with Crippen LogP contribution in [-0.4, -0.2) is 9.97 Å². The van der Waals surface area contributed by atoms with Gasteiger partial charge in [0.05, 0.1) is 0 Å². The Morgan fingerprint density at radius 3 is 2.87 bits per heavy atom. The zero-order chi connectivity index (χ0) is 11.0. The summed E-state index contributed by atoms with van der Waals surface area (Å²) >= 11 is 4.82. The molecule has 76 valence electrons. The second-order valence-corrected chi connectivity index (χ2v) is 3.79. The zero-order valence-electron chi connectivity index (χ0n) is 8.12. The lowest BCUT2D eigenvalue weighted by atomic mass is 10.1. The molecule has 0 bridgehead atoms. The van der Waals surface area contributed by atoms with Crippen LogP contribution in [0.5, 0.6) is 0 Å². The summed E-state index contributed by atoms with van der Waals surface area (Å²) in [6.45, 7) is 1.90. The first-order chi connectivity index (χ1) is 7.09. The van der Waals surface area contributed by atoms with Gasteiger partial charge in [0.2, 0.25) is 0 Å². The quantitative estimate of drug-likeness (QED) is 0.749. The highest BCUT2D eigenvalue weighted by Gasteiger charge is 2.07. The van der Waals surface area contributed by atoms with Gasteiger partial charge in [-0.3, -0.25) is 4.98 Å². The highest BCUT2D eigenvalue weighted by molar-refractivity contribution is 7.80. The van der Waals surface area contributed by atoms with Crippen LogP contribution in [0.25, 0.3) is 10.9 Å². The number of nitrogens with two attached hydrogens (primary N) is 1. The number of fused-ring (bicyclic) bond motifs is 1. The molecule has 2 N–H and O–H groups in total. The summed E-state index contributed by atoms with van der Waals surface area (Å²) in [5.74, 6) is -0.390. The van der Waals surface area contributed by atoms with E-state index in [1.165, 1.54) is 6.07 Å². The van der Waals surface area contributed by atoms with Gasteiger partial charge in [0.1, 0.15) is 16.3 Å². The summed E-state index contributed by atoms with van der Waals surface area (Å²) < 4.78 is 13.6. The molecule has 0 aliphatic rings. The van der Waals surface area contributed by atoms with Crippen LogP contribution in [0.15, 0.2) is 24.4 Å². The van der Waals surface area contributed by atoms with Gasteiger partial charge in [0.15, 0.2) is 0 Å². The second-order valence-electron chi connectivity index (χ2n) is 3.35. The van der Waals surface area contributed by atoms with E-state index in [1.54, 1.807) is 12.3 Å². The molecule has 0 radical (unpaired) electrons. The van der Waals surface area contributed by atoms with Gasteiger partial charge < -0.3 is 5.73 Å². The average molecular weight is 220 g/mol. The van der Waals surface area contributed by atoms with Gasteiger partial charge in [0, 0.05) is 17.1 Å². The molecule has 2 rings (SSSR count). The molecule has 0 saturated heterocycles. The molecular formula is C11H9FN2S. The lowest BCUT2D eigenvalue weighted by molar-refractivity contribution is 0.636. The lowest BCUT2D eigenvalue weighted by Gasteiger charge is -2.05. The summed E-state index contributed by atoms with van der Waals surface area (Å²) in [5, 5.41) is 0.750. The van der Waals surface area contributed by atoms with E-state index in [-0.39, 0.29) is 10.8 Å². The first kappa shape index (κ1) is 9.98. The predicted octanol–water partition coefficient (Wildman–Crippen LogP) is 2.32. The van der Waals surface area contributed by atoms with E-state index in [0.717, 1.165) is 10.9 Å².